The Morgan fingerprint density at radius 3 is 2.75 bits per heavy atom. The molecule has 1 fully saturated rings. The molecule has 0 spiro atoms. The number of benzene rings is 1. The number of pyridine rings is 1. The number of rotatable bonds is 6. The number of hydrogen-bond donors (Lipinski definition) is 1. The van der Waals surface area contributed by atoms with Gasteiger partial charge in [-0.25, -0.2) is 4.39 Å². The molecule has 128 valence electrons. The van der Waals surface area contributed by atoms with Crippen LogP contribution in [0.25, 0.3) is 11.1 Å². The van der Waals surface area contributed by atoms with Crippen LogP contribution in [0.5, 0.6) is 5.75 Å². The van der Waals surface area contributed by atoms with E-state index in [4.69, 9.17) is 4.74 Å². The van der Waals surface area contributed by atoms with E-state index >= 15 is 0 Å². The van der Waals surface area contributed by atoms with Crippen LogP contribution < -0.4 is 10.1 Å². The average Bonchev–Trinajstić information content (AvgIpc) is 2.95. The highest BCUT2D eigenvalue weighted by Gasteiger charge is 2.31. The van der Waals surface area contributed by atoms with E-state index in [1.807, 2.05) is 31.3 Å². The van der Waals surface area contributed by atoms with Crippen LogP contribution in [0.3, 0.4) is 0 Å². The van der Waals surface area contributed by atoms with Gasteiger partial charge in [-0.15, -0.1) is 0 Å². The summed E-state index contributed by atoms with van der Waals surface area (Å²) in [6, 6.07) is 10.4. The second-order valence-electron chi connectivity index (χ2n) is 6.24. The second-order valence-corrected chi connectivity index (χ2v) is 6.24. The summed E-state index contributed by atoms with van der Waals surface area (Å²) < 4.78 is 19.4. The highest BCUT2D eigenvalue weighted by molar-refractivity contribution is 5.65. The Hall–Kier alpha value is -1.98. The molecule has 1 aliphatic rings. The molecule has 0 saturated carbocycles. The van der Waals surface area contributed by atoms with Crippen molar-refractivity contribution in [1.82, 2.24) is 15.2 Å². The fraction of sp³-hybridized carbons (Fsp3) is 0.421. The molecule has 1 aromatic carbocycles. The highest BCUT2D eigenvalue weighted by Crippen LogP contribution is 2.30. The van der Waals surface area contributed by atoms with Crippen molar-refractivity contribution in [2.24, 2.45) is 0 Å². The summed E-state index contributed by atoms with van der Waals surface area (Å²) in [6.45, 7) is 1.97. The Labute approximate surface area is 142 Å². The highest BCUT2D eigenvalue weighted by atomic mass is 19.1. The van der Waals surface area contributed by atoms with E-state index in [9.17, 15) is 4.39 Å². The smallest absolute Gasteiger partial charge is 0.123 e. The lowest BCUT2D eigenvalue weighted by atomic mass is 10.0. The van der Waals surface area contributed by atoms with E-state index in [1.54, 1.807) is 19.5 Å². The number of nitrogens with one attached hydrogen (secondary N) is 1. The standard InChI is InChI=1S/C19H24FN3O/c1-21-11-18-10-17(20)13-23(18)12-16-9-15(3-4-19(16)24-2)14-5-7-22-8-6-14/h3-9,17-18,21H,10-13H2,1-2H3/t17-,18-/m0/s1. The number of methoxy groups -OCH3 is 1. The normalized spacial score (nSPS) is 21.1. The van der Waals surface area contributed by atoms with Crippen molar-refractivity contribution in [1.29, 1.82) is 0 Å². The van der Waals surface area contributed by atoms with Crippen molar-refractivity contribution in [2.75, 3.05) is 27.2 Å². The van der Waals surface area contributed by atoms with Gasteiger partial charge in [-0.05, 0) is 48.9 Å². The Bertz CT molecular complexity index is 665. The average molecular weight is 329 g/mol. The van der Waals surface area contributed by atoms with Crippen LogP contribution in [-0.2, 0) is 6.54 Å². The number of aromatic nitrogens is 1. The summed E-state index contributed by atoms with van der Waals surface area (Å²) in [5.74, 6) is 0.846. The molecule has 24 heavy (non-hydrogen) atoms. The molecule has 2 heterocycles. The molecule has 1 saturated heterocycles. The van der Waals surface area contributed by atoms with Gasteiger partial charge in [-0.2, -0.15) is 0 Å². The molecular formula is C19H24FN3O. The molecule has 1 aromatic heterocycles. The maximum atomic E-state index is 13.9. The Morgan fingerprint density at radius 2 is 2.04 bits per heavy atom. The molecule has 5 heteroatoms. The van der Waals surface area contributed by atoms with Crippen LogP contribution in [-0.4, -0.2) is 49.3 Å². The minimum Gasteiger partial charge on any atom is -0.496 e. The first kappa shape index (κ1) is 16.9. The molecule has 1 aliphatic heterocycles. The van der Waals surface area contributed by atoms with Gasteiger partial charge in [0.2, 0.25) is 0 Å². The molecule has 0 unspecified atom stereocenters. The van der Waals surface area contributed by atoms with Crippen molar-refractivity contribution in [3.63, 3.8) is 0 Å². The van der Waals surface area contributed by atoms with E-state index in [2.05, 4.69) is 21.3 Å². The van der Waals surface area contributed by atoms with Crippen molar-refractivity contribution in [3.8, 4) is 16.9 Å². The second kappa shape index (κ2) is 7.73. The van der Waals surface area contributed by atoms with Gasteiger partial charge in [0.05, 0.1) is 7.11 Å². The van der Waals surface area contributed by atoms with E-state index in [0.29, 0.717) is 19.5 Å². The van der Waals surface area contributed by atoms with Crippen molar-refractivity contribution in [2.45, 2.75) is 25.2 Å². The van der Waals surface area contributed by atoms with Crippen molar-refractivity contribution < 1.29 is 9.13 Å². The van der Waals surface area contributed by atoms with E-state index in [0.717, 1.165) is 29.0 Å². The Balaban J connectivity index is 1.86. The van der Waals surface area contributed by atoms with Crippen LogP contribution in [0.15, 0.2) is 42.7 Å². The first-order valence-corrected chi connectivity index (χ1v) is 8.31. The lowest BCUT2D eigenvalue weighted by Gasteiger charge is -2.25. The first-order chi connectivity index (χ1) is 11.7. The number of halogens is 1. The van der Waals surface area contributed by atoms with Gasteiger partial charge in [-0.1, -0.05) is 6.07 Å². The zero-order chi connectivity index (χ0) is 16.9. The maximum absolute atomic E-state index is 13.9. The zero-order valence-corrected chi connectivity index (χ0v) is 14.2. The predicted molar refractivity (Wildman–Crippen MR) is 93.9 cm³/mol. The lowest BCUT2D eigenvalue weighted by molar-refractivity contribution is 0.229. The van der Waals surface area contributed by atoms with Gasteiger partial charge < -0.3 is 10.1 Å². The maximum Gasteiger partial charge on any atom is 0.123 e. The molecule has 2 aromatic rings. The molecule has 0 aliphatic carbocycles. The van der Waals surface area contributed by atoms with E-state index in [1.165, 1.54) is 0 Å². The summed E-state index contributed by atoms with van der Waals surface area (Å²) in [5, 5.41) is 3.17. The quantitative estimate of drug-likeness (QED) is 0.884. The van der Waals surface area contributed by atoms with Crippen LogP contribution in [0.4, 0.5) is 4.39 Å². The number of hydrogen-bond acceptors (Lipinski definition) is 4. The van der Waals surface area contributed by atoms with Gasteiger partial charge in [-0.3, -0.25) is 9.88 Å². The number of alkyl halides is 1. The number of ether oxygens (including phenoxy) is 1. The molecule has 0 amide bonds. The predicted octanol–water partition coefficient (Wildman–Crippen LogP) is 2.89. The number of nitrogens with zero attached hydrogens (tertiary/aromatic N) is 2. The van der Waals surface area contributed by atoms with Crippen molar-refractivity contribution in [3.05, 3.63) is 48.3 Å². The minimum absolute atomic E-state index is 0.222. The topological polar surface area (TPSA) is 37.4 Å². The van der Waals surface area contributed by atoms with Crippen LogP contribution in [0.1, 0.15) is 12.0 Å². The molecular weight excluding hydrogens is 305 g/mol. The summed E-state index contributed by atoms with van der Waals surface area (Å²) >= 11 is 0. The third kappa shape index (κ3) is 3.74. The molecule has 3 rings (SSSR count). The molecule has 4 nitrogen and oxygen atoms in total. The van der Waals surface area contributed by atoms with Gasteiger partial charge in [0.1, 0.15) is 11.9 Å². The fourth-order valence-corrected chi connectivity index (χ4v) is 3.41. The molecule has 0 radical (unpaired) electrons. The Morgan fingerprint density at radius 1 is 1.25 bits per heavy atom. The number of likely N-dealkylation sites (tertiary alicyclic amines) is 1. The first-order valence-electron chi connectivity index (χ1n) is 8.31. The largest absolute Gasteiger partial charge is 0.496 e. The minimum atomic E-state index is -0.752. The number of likely N-dealkylation sites (N-methyl/N-ethyl adjacent to an activating group) is 1. The zero-order valence-electron chi connectivity index (χ0n) is 14.2. The molecule has 1 N–H and O–H groups in total. The summed E-state index contributed by atoms with van der Waals surface area (Å²) in [7, 11) is 3.59. The van der Waals surface area contributed by atoms with E-state index in [-0.39, 0.29) is 6.04 Å². The van der Waals surface area contributed by atoms with Gasteiger partial charge in [0.15, 0.2) is 0 Å². The van der Waals surface area contributed by atoms with Gasteiger partial charge in [0, 0.05) is 43.6 Å². The summed E-state index contributed by atoms with van der Waals surface area (Å²) in [4.78, 5) is 6.27. The fourth-order valence-electron chi connectivity index (χ4n) is 3.41. The lowest BCUT2D eigenvalue weighted by Crippen LogP contribution is -2.36. The SMILES string of the molecule is CNC[C@@H]1C[C@H](F)CN1Cc1cc(-c2ccncc2)ccc1OC. The van der Waals surface area contributed by atoms with E-state index < -0.39 is 6.17 Å². The van der Waals surface area contributed by atoms with Crippen LogP contribution in [0, 0.1) is 0 Å². The Kier molecular flexibility index (Phi) is 5.43. The van der Waals surface area contributed by atoms with Gasteiger partial charge >= 0.3 is 0 Å². The van der Waals surface area contributed by atoms with Crippen LogP contribution in [0.2, 0.25) is 0 Å². The third-order valence-electron chi connectivity index (χ3n) is 4.58. The monoisotopic (exact) mass is 329 g/mol. The van der Waals surface area contributed by atoms with Crippen molar-refractivity contribution >= 4 is 0 Å². The molecule has 0 bridgehead atoms. The van der Waals surface area contributed by atoms with Crippen LogP contribution >= 0.6 is 0 Å². The summed E-state index contributed by atoms with van der Waals surface area (Å²) in [5.41, 5.74) is 3.32. The summed E-state index contributed by atoms with van der Waals surface area (Å²) in [6.07, 6.45) is 3.41. The third-order valence-corrected chi connectivity index (χ3v) is 4.58. The molecule has 2 atom stereocenters. The van der Waals surface area contributed by atoms with Gasteiger partial charge in [0.25, 0.3) is 0 Å².